The Morgan fingerprint density at radius 2 is 2.22 bits per heavy atom. The van der Waals surface area contributed by atoms with Crippen molar-refractivity contribution in [2.45, 2.75) is 19.4 Å². The number of carbonyl (C=O) groups excluding carboxylic acids is 1. The fourth-order valence-electron chi connectivity index (χ4n) is 2.36. The molecule has 5 heteroatoms. The van der Waals surface area contributed by atoms with Gasteiger partial charge in [0.15, 0.2) is 0 Å². The van der Waals surface area contributed by atoms with Crippen molar-refractivity contribution in [2.24, 2.45) is 5.92 Å². The predicted octanol–water partition coefficient (Wildman–Crippen LogP) is 1.80. The van der Waals surface area contributed by atoms with Crippen LogP contribution in [0.2, 0.25) is 0 Å². The van der Waals surface area contributed by atoms with Gasteiger partial charge >= 0.3 is 0 Å². The SMILES string of the molecule is CNC(=O)C1CCN(Cc2cncc(Br)c2)CC1. The first-order chi connectivity index (χ1) is 8.69. The molecule has 1 aliphatic heterocycles. The zero-order valence-electron chi connectivity index (χ0n) is 10.5. The summed E-state index contributed by atoms with van der Waals surface area (Å²) in [7, 11) is 1.71. The van der Waals surface area contributed by atoms with E-state index in [1.165, 1.54) is 5.56 Å². The molecule has 1 N–H and O–H groups in total. The van der Waals surface area contributed by atoms with Crippen LogP contribution in [-0.2, 0) is 11.3 Å². The first-order valence-electron chi connectivity index (χ1n) is 6.22. The molecular formula is C13H18BrN3O. The molecular weight excluding hydrogens is 294 g/mol. The molecule has 2 heterocycles. The quantitative estimate of drug-likeness (QED) is 0.926. The Balaban J connectivity index is 1.85. The lowest BCUT2D eigenvalue weighted by molar-refractivity contribution is -0.125. The van der Waals surface area contributed by atoms with Crippen LogP contribution in [0.4, 0.5) is 0 Å². The average molecular weight is 312 g/mol. The fourth-order valence-corrected chi connectivity index (χ4v) is 2.77. The summed E-state index contributed by atoms with van der Waals surface area (Å²) < 4.78 is 1.01. The van der Waals surface area contributed by atoms with Crippen molar-refractivity contribution in [1.29, 1.82) is 0 Å². The van der Waals surface area contributed by atoms with Crippen molar-refractivity contribution in [1.82, 2.24) is 15.2 Å². The van der Waals surface area contributed by atoms with Crippen LogP contribution >= 0.6 is 15.9 Å². The number of carbonyl (C=O) groups is 1. The van der Waals surface area contributed by atoms with Gasteiger partial charge in [0.2, 0.25) is 5.91 Å². The number of amides is 1. The normalized spacial score (nSPS) is 17.7. The van der Waals surface area contributed by atoms with E-state index in [0.717, 1.165) is 36.9 Å². The van der Waals surface area contributed by atoms with Crippen LogP contribution in [0, 0.1) is 5.92 Å². The van der Waals surface area contributed by atoms with Gasteiger partial charge in [-0.3, -0.25) is 14.7 Å². The van der Waals surface area contributed by atoms with Crippen molar-refractivity contribution in [3.8, 4) is 0 Å². The monoisotopic (exact) mass is 311 g/mol. The van der Waals surface area contributed by atoms with E-state index in [1.54, 1.807) is 13.2 Å². The van der Waals surface area contributed by atoms with Crippen LogP contribution in [-0.4, -0.2) is 35.9 Å². The Morgan fingerprint density at radius 3 is 2.83 bits per heavy atom. The second-order valence-electron chi connectivity index (χ2n) is 4.68. The number of nitrogens with one attached hydrogen (secondary N) is 1. The predicted molar refractivity (Wildman–Crippen MR) is 74.0 cm³/mol. The summed E-state index contributed by atoms with van der Waals surface area (Å²) in [6.45, 7) is 2.86. The number of hydrogen-bond acceptors (Lipinski definition) is 3. The van der Waals surface area contributed by atoms with E-state index >= 15 is 0 Å². The van der Waals surface area contributed by atoms with Crippen LogP contribution < -0.4 is 5.32 Å². The van der Waals surface area contributed by atoms with Gasteiger partial charge in [0.05, 0.1) is 0 Å². The van der Waals surface area contributed by atoms with E-state index in [1.807, 2.05) is 6.20 Å². The minimum Gasteiger partial charge on any atom is -0.359 e. The lowest BCUT2D eigenvalue weighted by atomic mass is 9.96. The van der Waals surface area contributed by atoms with Crippen LogP contribution in [0.15, 0.2) is 22.9 Å². The number of nitrogens with zero attached hydrogens (tertiary/aromatic N) is 2. The van der Waals surface area contributed by atoms with Gasteiger partial charge in [-0.15, -0.1) is 0 Å². The molecule has 1 amide bonds. The molecule has 0 aliphatic carbocycles. The lowest BCUT2D eigenvalue weighted by Gasteiger charge is -2.30. The second-order valence-corrected chi connectivity index (χ2v) is 5.59. The van der Waals surface area contributed by atoms with Crippen LogP contribution in [0.1, 0.15) is 18.4 Å². The molecule has 0 bridgehead atoms. The molecule has 0 atom stereocenters. The Morgan fingerprint density at radius 1 is 1.50 bits per heavy atom. The maximum absolute atomic E-state index is 11.5. The Bertz CT molecular complexity index is 416. The van der Waals surface area contributed by atoms with Crippen LogP contribution in [0.25, 0.3) is 0 Å². The van der Waals surface area contributed by atoms with Gasteiger partial charge in [-0.1, -0.05) is 0 Å². The van der Waals surface area contributed by atoms with Gasteiger partial charge in [0.1, 0.15) is 0 Å². The number of likely N-dealkylation sites (tertiary alicyclic amines) is 1. The van der Waals surface area contributed by atoms with Crippen LogP contribution in [0.5, 0.6) is 0 Å². The molecule has 1 aromatic heterocycles. The van der Waals surface area contributed by atoms with E-state index < -0.39 is 0 Å². The third kappa shape index (κ3) is 3.53. The first-order valence-corrected chi connectivity index (χ1v) is 7.01. The zero-order chi connectivity index (χ0) is 13.0. The summed E-state index contributed by atoms with van der Waals surface area (Å²) in [6.07, 6.45) is 5.58. The largest absolute Gasteiger partial charge is 0.359 e. The summed E-state index contributed by atoms with van der Waals surface area (Å²) in [4.78, 5) is 18.1. The van der Waals surface area contributed by atoms with Gasteiger partial charge < -0.3 is 5.32 Å². The molecule has 1 saturated heterocycles. The molecule has 18 heavy (non-hydrogen) atoms. The molecule has 0 spiro atoms. The van der Waals surface area contributed by atoms with E-state index in [0.29, 0.717) is 0 Å². The van der Waals surface area contributed by atoms with Gasteiger partial charge in [-0.2, -0.15) is 0 Å². The highest BCUT2D eigenvalue weighted by Crippen LogP contribution is 2.19. The van der Waals surface area contributed by atoms with E-state index in [9.17, 15) is 4.79 Å². The van der Waals surface area contributed by atoms with Crippen LogP contribution in [0.3, 0.4) is 0 Å². The molecule has 0 radical (unpaired) electrons. The molecule has 2 rings (SSSR count). The third-order valence-corrected chi connectivity index (χ3v) is 3.81. The molecule has 98 valence electrons. The van der Waals surface area contributed by atoms with Gasteiger partial charge in [-0.25, -0.2) is 0 Å². The highest BCUT2D eigenvalue weighted by atomic mass is 79.9. The van der Waals surface area contributed by atoms with E-state index in [2.05, 4.69) is 37.2 Å². The number of halogens is 1. The minimum absolute atomic E-state index is 0.179. The molecule has 0 aromatic carbocycles. The standard InChI is InChI=1S/C13H18BrN3O/c1-15-13(18)11-2-4-17(5-3-11)9-10-6-12(14)8-16-7-10/h6-8,11H,2-5,9H2,1H3,(H,15,18). The Labute approximate surface area is 116 Å². The first kappa shape index (κ1) is 13.5. The Kier molecular flexibility index (Phi) is 4.72. The van der Waals surface area contributed by atoms with Crippen molar-refractivity contribution in [3.05, 3.63) is 28.5 Å². The van der Waals surface area contributed by atoms with E-state index in [4.69, 9.17) is 0 Å². The number of pyridine rings is 1. The van der Waals surface area contributed by atoms with Crippen molar-refractivity contribution in [2.75, 3.05) is 20.1 Å². The number of piperidine rings is 1. The van der Waals surface area contributed by atoms with Crippen molar-refractivity contribution >= 4 is 21.8 Å². The summed E-state index contributed by atoms with van der Waals surface area (Å²) in [5.74, 6) is 0.366. The lowest BCUT2D eigenvalue weighted by Crippen LogP contribution is -2.39. The topological polar surface area (TPSA) is 45.2 Å². The van der Waals surface area contributed by atoms with E-state index in [-0.39, 0.29) is 11.8 Å². The fraction of sp³-hybridized carbons (Fsp3) is 0.538. The average Bonchev–Trinajstić information content (AvgIpc) is 2.39. The molecule has 1 aromatic rings. The highest BCUT2D eigenvalue weighted by molar-refractivity contribution is 9.10. The summed E-state index contributed by atoms with van der Waals surface area (Å²) >= 11 is 3.43. The summed E-state index contributed by atoms with van der Waals surface area (Å²) in [5, 5.41) is 2.73. The van der Waals surface area contributed by atoms with Gasteiger partial charge in [0, 0.05) is 36.4 Å². The van der Waals surface area contributed by atoms with Crippen molar-refractivity contribution in [3.63, 3.8) is 0 Å². The molecule has 4 nitrogen and oxygen atoms in total. The number of hydrogen-bond donors (Lipinski definition) is 1. The molecule has 0 saturated carbocycles. The summed E-state index contributed by atoms with van der Waals surface area (Å²) in [5.41, 5.74) is 1.21. The smallest absolute Gasteiger partial charge is 0.222 e. The molecule has 1 fully saturated rings. The maximum Gasteiger partial charge on any atom is 0.222 e. The second kappa shape index (κ2) is 6.29. The zero-order valence-corrected chi connectivity index (χ0v) is 12.1. The molecule has 1 aliphatic rings. The number of aromatic nitrogens is 1. The third-order valence-electron chi connectivity index (χ3n) is 3.37. The van der Waals surface area contributed by atoms with Crippen molar-refractivity contribution < 1.29 is 4.79 Å². The highest BCUT2D eigenvalue weighted by Gasteiger charge is 2.23. The Hall–Kier alpha value is -0.940. The van der Waals surface area contributed by atoms with Gasteiger partial charge in [-0.05, 0) is 53.5 Å². The summed E-state index contributed by atoms with van der Waals surface area (Å²) in [6, 6.07) is 2.10. The molecule has 0 unspecified atom stereocenters. The maximum atomic E-state index is 11.5. The van der Waals surface area contributed by atoms with Gasteiger partial charge in [0.25, 0.3) is 0 Å². The minimum atomic E-state index is 0.179. The number of rotatable bonds is 3.